The Kier molecular flexibility index (Phi) is 4.77. The van der Waals surface area contributed by atoms with E-state index in [0.29, 0.717) is 0 Å². The topological polar surface area (TPSA) is 20.2 Å². The van der Waals surface area contributed by atoms with Crippen LogP contribution in [-0.2, 0) is 0 Å². The molecule has 1 N–H and O–H groups in total. The lowest BCUT2D eigenvalue weighted by Crippen LogP contribution is -1.98. The van der Waals surface area contributed by atoms with Crippen LogP contribution in [-0.4, -0.2) is 17.1 Å². The van der Waals surface area contributed by atoms with E-state index < -0.39 is 5.38 Å². The molecule has 0 aromatic heterocycles. The highest BCUT2D eigenvalue weighted by molar-refractivity contribution is 6.56. The van der Waals surface area contributed by atoms with Gasteiger partial charge in [-0.25, -0.2) is 0 Å². The summed E-state index contributed by atoms with van der Waals surface area (Å²) < 4.78 is 0.0825. The van der Waals surface area contributed by atoms with Gasteiger partial charge < -0.3 is 5.11 Å². The van der Waals surface area contributed by atoms with Gasteiger partial charge in [0, 0.05) is 0 Å². The lowest BCUT2D eigenvalue weighted by atomic mass is 10.4. The predicted molar refractivity (Wildman–Crippen MR) is 36.5 cm³/mol. The van der Waals surface area contributed by atoms with Crippen molar-refractivity contribution in [3.63, 3.8) is 0 Å². The Bertz CT molecular complexity index is 87.3. The monoisotopic (exact) mass is 174 g/mol. The smallest absolute Gasteiger partial charge is 0.104 e. The highest BCUT2D eigenvalue weighted by atomic mass is 35.5. The number of hydrogen-bond donors (Lipinski definition) is 1. The molecule has 0 rings (SSSR count). The Balaban J connectivity index is 3.51. The van der Waals surface area contributed by atoms with Crippen molar-refractivity contribution >= 4 is 34.8 Å². The zero-order valence-corrected chi connectivity index (χ0v) is 6.21. The van der Waals surface area contributed by atoms with Crippen LogP contribution in [0.3, 0.4) is 0 Å². The first-order valence-corrected chi connectivity index (χ1v) is 3.14. The van der Waals surface area contributed by atoms with Gasteiger partial charge >= 0.3 is 0 Å². The van der Waals surface area contributed by atoms with E-state index in [4.69, 9.17) is 39.9 Å². The van der Waals surface area contributed by atoms with E-state index in [-0.39, 0.29) is 11.1 Å². The minimum atomic E-state index is -0.472. The molecule has 48 valence electrons. The van der Waals surface area contributed by atoms with Gasteiger partial charge in [0.05, 0.1) is 12.0 Å². The molecule has 1 nitrogen and oxygen atoms in total. The second kappa shape index (κ2) is 4.45. The molecule has 0 saturated heterocycles. The first-order valence-electron chi connectivity index (χ1n) is 1.94. The summed E-state index contributed by atoms with van der Waals surface area (Å²) in [6, 6.07) is 0. The van der Waals surface area contributed by atoms with Crippen molar-refractivity contribution < 1.29 is 5.11 Å². The third kappa shape index (κ3) is 4.72. The van der Waals surface area contributed by atoms with Crippen molar-refractivity contribution in [2.45, 2.75) is 5.38 Å². The molecule has 0 aliphatic rings. The zero-order chi connectivity index (χ0) is 6.57. The summed E-state index contributed by atoms with van der Waals surface area (Å²) in [6.07, 6.45) is 1.35. The SMILES string of the molecule is OCC(Cl)C=C(Cl)Cl. The molecule has 4 heteroatoms. The van der Waals surface area contributed by atoms with E-state index in [9.17, 15) is 0 Å². The van der Waals surface area contributed by atoms with E-state index in [1.807, 2.05) is 0 Å². The number of rotatable bonds is 2. The zero-order valence-electron chi connectivity index (χ0n) is 3.94. The molecule has 0 radical (unpaired) electrons. The summed E-state index contributed by atoms with van der Waals surface area (Å²) in [5.41, 5.74) is 0. The summed E-state index contributed by atoms with van der Waals surface area (Å²) >= 11 is 15.7. The largest absolute Gasteiger partial charge is 0.395 e. The van der Waals surface area contributed by atoms with Gasteiger partial charge in [0.1, 0.15) is 4.49 Å². The predicted octanol–water partition coefficient (Wildman–Crippen LogP) is 1.91. The Labute approximate surface area is 62.8 Å². The van der Waals surface area contributed by atoms with E-state index >= 15 is 0 Å². The van der Waals surface area contributed by atoms with Gasteiger partial charge in [-0.2, -0.15) is 0 Å². The molecule has 0 heterocycles. The molecule has 0 aromatic rings. The van der Waals surface area contributed by atoms with Crippen LogP contribution < -0.4 is 0 Å². The van der Waals surface area contributed by atoms with Crippen molar-refractivity contribution in [3.05, 3.63) is 10.6 Å². The molecule has 0 amide bonds. The molecule has 0 spiro atoms. The fourth-order valence-corrected chi connectivity index (χ4v) is 0.749. The second-order valence-electron chi connectivity index (χ2n) is 1.15. The first-order chi connectivity index (χ1) is 3.66. The van der Waals surface area contributed by atoms with Crippen LogP contribution >= 0.6 is 34.8 Å². The number of hydrogen-bond acceptors (Lipinski definition) is 1. The lowest BCUT2D eigenvalue weighted by molar-refractivity contribution is 0.305. The molecule has 0 aliphatic carbocycles. The molecule has 0 fully saturated rings. The number of aliphatic hydroxyl groups is 1. The Morgan fingerprint density at radius 3 is 2.25 bits per heavy atom. The van der Waals surface area contributed by atoms with E-state index in [1.165, 1.54) is 6.08 Å². The Morgan fingerprint density at radius 2 is 2.12 bits per heavy atom. The molecule has 0 aromatic carbocycles. The number of alkyl halides is 1. The minimum absolute atomic E-state index is 0.0825. The third-order valence-electron chi connectivity index (χ3n) is 0.481. The molecule has 1 unspecified atom stereocenters. The molecule has 1 atom stereocenters. The van der Waals surface area contributed by atoms with Crippen LogP contribution in [0.25, 0.3) is 0 Å². The average Bonchev–Trinajstić information content (AvgIpc) is 1.65. The second-order valence-corrected chi connectivity index (χ2v) is 2.72. The fraction of sp³-hybridized carbons (Fsp3) is 0.500. The van der Waals surface area contributed by atoms with Gasteiger partial charge in [-0.05, 0) is 6.08 Å². The van der Waals surface area contributed by atoms with Crippen LogP contribution in [0.4, 0.5) is 0 Å². The van der Waals surface area contributed by atoms with Crippen LogP contribution in [0.5, 0.6) is 0 Å². The summed E-state index contributed by atoms with van der Waals surface area (Å²) in [6.45, 7) is -0.148. The highest BCUT2D eigenvalue weighted by Crippen LogP contribution is 2.09. The average molecular weight is 175 g/mol. The molecule has 0 saturated carbocycles. The van der Waals surface area contributed by atoms with Gasteiger partial charge in [0.25, 0.3) is 0 Å². The maximum Gasteiger partial charge on any atom is 0.104 e. The van der Waals surface area contributed by atoms with Gasteiger partial charge in [0.2, 0.25) is 0 Å². The quantitative estimate of drug-likeness (QED) is 0.636. The van der Waals surface area contributed by atoms with E-state index in [1.54, 1.807) is 0 Å². The Hall–Kier alpha value is 0.570. The van der Waals surface area contributed by atoms with Crippen molar-refractivity contribution in [2.24, 2.45) is 0 Å². The van der Waals surface area contributed by atoms with Gasteiger partial charge in [0.15, 0.2) is 0 Å². The van der Waals surface area contributed by atoms with Crippen LogP contribution in [0.15, 0.2) is 10.6 Å². The van der Waals surface area contributed by atoms with Crippen LogP contribution in [0.1, 0.15) is 0 Å². The van der Waals surface area contributed by atoms with E-state index in [2.05, 4.69) is 0 Å². The van der Waals surface area contributed by atoms with Crippen LogP contribution in [0, 0.1) is 0 Å². The van der Waals surface area contributed by atoms with Crippen LogP contribution in [0.2, 0.25) is 0 Å². The standard InChI is InChI=1S/C4H5Cl3O/c5-3(2-8)1-4(6)7/h1,3,8H,2H2. The molecular formula is C4H5Cl3O. The van der Waals surface area contributed by atoms with Crippen molar-refractivity contribution in [2.75, 3.05) is 6.61 Å². The summed E-state index contributed by atoms with van der Waals surface area (Å²) in [5, 5.41) is 7.82. The maximum absolute atomic E-state index is 8.29. The summed E-state index contributed by atoms with van der Waals surface area (Å²) in [4.78, 5) is 0. The third-order valence-corrected chi connectivity index (χ3v) is 0.997. The fourth-order valence-electron chi connectivity index (χ4n) is 0.189. The number of halogens is 3. The highest BCUT2D eigenvalue weighted by Gasteiger charge is 1.96. The number of aliphatic hydroxyl groups excluding tert-OH is 1. The lowest BCUT2D eigenvalue weighted by Gasteiger charge is -1.93. The van der Waals surface area contributed by atoms with Crippen molar-refractivity contribution in [1.82, 2.24) is 0 Å². The van der Waals surface area contributed by atoms with Gasteiger partial charge in [-0.15, -0.1) is 11.6 Å². The first kappa shape index (κ1) is 8.57. The summed E-state index contributed by atoms with van der Waals surface area (Å²) in [5.74, 6) is 0. The van der Waals surface area contributed by atoms with Gasteiger partial charge in [-0.1, -0.05) is 23.2 Å². The van der Waals surface area contributed by atoms with Crippen molar-refractivity contribution in [3.8, 4) is 0 Å². The molecule has 0 bridgehead atoms. The van der Waals surface area contributed by atoms with Gasteiger partial charge in [-0.3, -0.25) is 0 Å². The normalized spacial score (nSPS) is 13.0. The minimum Gasteiger partial charge on any atom is -0.395 e. The molecular weight excluding hydrogens is 170 g/mol. The Morgan fingerprint density at radius 1 is 1.62 bits per heavy atom. The van der Waals surface area contributed by atoms with Crippen molar-refractivity contribution in [1.29, 1.82) is 0 Å². The molecule has 8 heavy (non-hydrogen) atoms. The maximum atomic E-state index is 8.29. The summed E-state index contributed by atoms with van der Waals surface area (Å²) in [7, 11) is 0. The molecule has 0 aliphatic heterocycles. The van der Waals surface area contributed by atoms with E-state index in [0.717, 1.165) is 0 Å².